The first-order valence-electron chi connectivity index (χ1n) is 9.73. The number of piperidine rings is 1. The molecule has 1 saturated heterocycles. The molecule has 2 aliphatic rings. The summed E-state index contributed by atoms with van der Waals surface area (Å²) in [6, 6.07) is 1.77. The van der Waals surface area contributed by atoms with Crippen LogP contribution in [0.3, 0.4) is 0 Å². The van der Waals surface area contributed by atoms with Crippen LogP contribution in [0.15, 0.2) is 16.8 Å². The molecule has 0 aromatic carbocycles. The second-order valence-corrected chi connectivity index (χ2v) is 7.53. The number of carbonyl (C=O) groups excluding carboxylic acids is 2. The molecule has 4 heterocycles. The molecule has 0 spiro atoms. The molecule has 2 amide bonds. The summed E-state index contributed by atoms with van der Waals surface area (Å²) >= 11 is 0. The van der Waals surface area contributed by atoms with Crippen LogP contribution in [-0.4, -0.2) is 73.7 Å². The maximum atomic E-state index is 12.7. The highest BCUT2D eigenvalue weighted by Crippen LogP contribution is 2.16. The first kappa shape index (κ1) is 18.7. The van der Waals surface area contributed by atoms with Crippen molar-refractivity contribution < 1.29 is 19.2 Å². The van der Waals surface area contributed by atoms with E-state index >= 15 is 0 Å². The predicted molar refractivity (Wildman–Crippen MR) is 98.6 cm³/mol. The average molecular weight is 387 g/mol. The summed E-state index contributed by atoms with van der Waals surface area (Å²) in [5, 5.41) is 13.6. The Bertz CT molecular complexity index is 848. The van der Waals surface area contributed by atoms with Gasteiger partial charge in [0.2, 0.25) is 5.91 Å². The van der Waals surface area contributed by atoms with Crippen LogP contribution in [0.2, 0.25) is 0 Å². The summed E-state index contributed by atoms with van der Waals surface area (Å²) < 4.78 is 7.09. The number of rotatable bonds is 3. The topological polar surface area (TPSA) is 105 Å². The lowest BCUT2D eigenvalue weighted by Crippen LogP contribution is -2.42. The van der Waals surface area contributed by atoms with Crippen LogP contribution < -0.4 is 0 Å². The van der Waals surface area contributed by atoms with Crippen molar-refractivity contribution in [3.63, 3.8) is 0 Å². The average Bonchev–Trinajstić information content (AvgIpc) is 3.21. The van der Waals surface area contributed by atoms with Gasteiger partial charge in [0.1, 0.15) is 17.3 Å². The molecule has 150 valence electrons. The minimum absolute atomic E-state index is 0.000470. The maximum Gasteiger partial charge on any atom is 0.274 e. The van der Waals surface area contributed by atoms with E-state index in [0.29, 0.717) is 50.6 Å². The molecule has 9 nitrogen and oxygen atoms in total. The van der Waals surface area contributed by atoms with Gasteiger partial charge in [-0.3, -0.25) is 9.59 Å². The highest BCUT2D eigenvalue weighted by atomic mass is 16.5. The van der Waals surface area contributed by atoms with Crippen LogP contribution in [-0.2, 0) is 24.2 Å². The van der Waals surface area contributed by atoms with Crippen molar-refractivity contribution >= 4 is 11.8 Å². The highest BCUT2D eigenvalue weighted by molar-refractivity contribution is 5.92. The number of likely N-dealkylation sites (tertiary alicyclic amines) is 1. The van der Waals surface area contributed by atoms with E-state index in [1.54, 1.807) is 22.1 Å². The number of hydrogen-bond donors (Lipinski definition) is 1. The van der Waals surface area contributed by atoms with E-state index < -0.39 is 6.10 Å². The van der Waals surface area contributed by atoms with Gasteiger partial charge in [0.05, 0.1) is 18.2 Å². The zero-order valence-corrected chi connectivity index (χ0v) is 16.0. The molecular formula is C19H25N5O4. The van der Waals surface area contributed by atoms with E-state index in [1.807, 2.05) is 11.5 Å². The lowest BCUT2D eigenvalue weighted by Gasteiger charge is -2.29. The number of nitrogens with zero attached hydrogens (tertiary/aromatic N) is 5. The number of aromatic nitrogens is 3. The van der Waals surface area contributed by atoms with Crippen molar-refractivity contribution in [3.8, 4) is 0 Å². The summed E-state index contributed by atoms with van der Waals surface area (Å²) in [5.41, 5.74) is 1.18. The smallest absolute Gasteiger partial charge is 0.274 e. The van der Waals surface area contributed by atoms with Crippen molar-refractivity contribution in [1.29, 1.82) is 0 Å². The zero-order chi connectivity index (χ0) is 19.7. The molecular weight excluding hydrogens is 362 g/mol. The third kappa shape index (κ3) is 3.94. The molecule has 4 rings (SSSR count). The number of β-amino-alcohol motifs (C(OH)–C–C–N with tert-alkyl or cyclic N) is 1. The molecule has 0 bridgehead atoms. The molecule has 1 N–H and O–H groups in total. The summed E-state index contributed by atoms with van der Waals surface area (Å²) in [4.78, 5) is 33.2. The third-order valence-electron chi connectivity index (χ3n) is 5.33. The normalized spacial score (nSPS) is 20.0. The van der Waals surface area contributed by atoms with E-state index in [1.165, 1.54) is 0 Å². The van der Waals surface area contributed by atoms with E-state index in [9.17, 15) is 14.7 Å². The Morgan fingerprint density at radius 2 is 2.11 bits per heavy atom. The molecule has 0 saturated carbocycles. The molecule has 0 radical (unpaired) electrons. The van der Waals surface area contributed by atoms with E-state index in [0.717, 1.165) is 24.4 Å². The Morgan fingerprint density at radius 1 is 1.25 bits per heavy atom. The number of imidazole rings is 1. The number of aliphatic hydroxyl groups excluding tert-OH is 1. The van der Waals surface area contributed by atoms with Crippen LogP contribution >= 0.6 is 0 Å². The SMILES string of the molecule is Cc1cc(CC(=O)N2CCc3nc(C(=O)N4CCCC(O)C4)cn3CC2)on1. The van der Waals surface area contributed by atoms with E-state index in [4.69, 9.17) is 4.52 Å². The van der Waals surface area contributed by atoms with Crippen molar-refractivity contribution in [2.24, 2.45) is 0 Å². The van der Waals surface area contributed by atoms with Crippen molar-refractivity contribution in [3.05, 3.63) is 35.2 Å². The first-order chi connectivity index (χ1) is 13.5. The number of hydrogen-bond acceptors (Lipinski definition) is 6. The number of fused-ring (bicyclic) bond motifs is 1. The van der Waals surface area contributed by atoms with Crippen molar-refractivity contribution in [2.75, 3.05) is 26.2 Å². The largest absolute Gasteiger partial charge is 0.391 e. The third-order valence-corrected chi connectivity index (χ3v) is 5.33. The molecule has 0 aliphatic carbocycles. The molecule has 2 aromatic rings. The maximum absolute atomic E-state index is 12.7. The molecule has 1 atom stereocenters. The summed E-state index contributed by atoms with van der Waals surface area (Å²) in [6.07, 6.45) is 3.66. The molecule has 28 heavy (non-hydrogen) atoms. The fraction of sp³-hybridized carbons (Fsp3) is 0.579. The zero-order valence-electron chi connectivity index (χ0n) is 16.0. The predicted octanol–water partition coefficient (Wildman–Crippen LogP) is 0.404. The summed E-state index contributed by atoms with van der Waals surface area (Å²) in [6.45, 7) is 4.56. The minimum atomic E-state index is -0.453. The fourth-order valence-electron chi connectivity index (χ4n) is 3.84. The van der Waals surface area contributed by atoms with E-state index in [2.05, 4.69) is 10.1 Å². The number of amides is 2. The minimum Gasteiger partial charge on any atom is -0.391 e. The quantitative estimate of drug-likeness (QED) is 0.818. The van der Waals surface area contributed by atoms with E-state index in [-0.39, 0.29) is 18.2 Å². The van der Waals surface area contributed by atoms with Gasteiger partial charge in [0, 0.05) is 51.4 Å². The van der Waals surface area contributed by atoms with Gasteiger partial charge in [-0.1, -0.05) is 5.16 Å². The lowest BCUT2D eigenvalue weighted by molar-refractivity contribution is -0.130. The van der Waals surface area contributed by atoms with Crippen LogP contribution in [0.1, 0.15) is 40.6 Å². The molecule has 9 heteroatoms. The second kappa shape index (κ2) is 7.75. The van der Waals surface area contributed by atoms with Gasteiger partial charge in [-0.2, -0.15) is 0 Å². The monoisotopic (exact) mass is 387 g/mol. The van der Waals surface area contributed by atoms with Gasteiger partial charge in [-0.05, 0) is 19.8 Å². The molecule has 2 aliphatic heterocycles. The Labute approximate surface area is 162 Å². The Hall–Kier alpha value is -2.68. The second-order valence-electron chi connectivity index (χ2n) is 7.53. The van der Waals surface area contributed by atoms with Gasteiger partial charge in [-0.15, -0.1) is 0 Å². The molecule has 1 unspecified atom stereocenters. The molecule has 2 aromatic heterocycles. The van der Waals surface area contributed by atoms with Crippen molar-refractivity contribution in [1.82, 2.24) is 24.5 Å². The fourth-order valence-corrected chi connectivity index (χ4v) is 3.84. The van der Waals surface area contributed by atoms with Gasteiger partial charge in [0.15, 0.2) is 0 Å². The Balaban J connectivity index is 1.38. The number of aryl methyl sites for hydroxylation is 1. The van der Waals surface area contributed by atoms with Crippen LogP contribution in [0.25, 0.3) is 0 Å². The van der Waals surface area contributed by atoms with Gasteiger partial charge in [0.25, 0.3) is 5.91 Å². The van der Waals surface area contributed by atoms with Crippen LogP contribution in [0.4, 0.5) is 0 Å². The lowest BCUT2D eigenvalue weighted by atomic mass is 10.1. The van der Waals surface area contributed by atoms with Crippen LogP contribution in [0, 0.1) is 6.92 Å². The standard InChI is InChI=1S/C19H25N5O4/c1-13-9-15(28-21-13)10-18(26)22-6-4-17-20-16(12-23(17)8-7-22)19(27)24-5-2-3-14(25)11-24/h9,12,14,25H,2-8,10-11H2,1H3. The summed E-state index contributed by atoms with van der Waals surface area (Å²) in [7, 11) is 0. The van der Waals surface area contributed by atoms with Gasteiger partial charge < -0.3 is 24.0 Å². The Morgan fingerprint density at radius 3 is 2.86 bits per heavy atom. The molecule has 1 fully saturated rings. The highest BCUT2D eigenvalue weighted by Gasteiger charge is 2.27. The number of aliphatic hydroxyl groups is 1. The first-order valence-corrected chi connectivity index (χ1v) is 9.73. The van der Waals surface area contributed by atoms with Crippen LogP contribution in [0.5, 0.6) is 0 Å². The van der Waals surface area contributed by atoms with Gasteiger partial charge >= 0.3 is 0 Å². The Kier molecular flexibility index (Phi) is 5.17. The number of carbonyl (C=O) groups is 2. The summed E-state index contributed by atoms with van der Waals surface area (Å²) in [5.74, 6) is 1.25. The van der Waals surface area contributed by atoms with Gasteiger partial charge in [-0.25, -0.2) is 4.98 Å². The van der Waals surface area contributed by atoms with Crippen molar-refractivity contribution in [2.45, 2.75) is 45.3 Å².